The number of aryl methyl sites for hydroxylation is 1. The molecule has 44 heavy (non-hydrogen) atoms. The van der Waals surface area contributed by atoms with Crippen LogP contribution in [0.4, 0.5) is 5.82 Å². The summed E-state index contributed by atoms with van der Waals surface area (Å²) in [7, 11) is -3.35. The maximum atomic E-state index is 13.5. The summed E-state index contributed by atoms with van der Waals surface area (Å²) >= 11 is 0. The van der Waals surface area contributed by atoms with Crippen LogP contribution in [0.3, 0.4) is 0 Å². The maximum absolute atomic E-state index is 13.5. The van der Waals surface area contributed by atoms with E-state index in [9.17, 15) is 18.0 Å². The number of carbonyl (C=O) groups is 2. The van der Waals surface area contributed by atoms with Crippen molar-refractivity contribution in [1.82, 2.24) is 4.98 Å². The number of anilines is 1. The Morgan fingerprint density at radius 2 is 1.64 bits per heavy atom. The normalized spacial score (nSPS) is 16.6. The van der Waals surface area contributed by atoms with E-state index in [2.05, 4.69) is 10.3 Å². The summed E-state index contributed by atoms with van der Waals surface area (Å²) in [5, 5.41) is 2.50. The first-order valence-corrected chi connectivity index (χ1v) is 16.3. The highest BCUT2D eigenvalue weighted by molar-refractivity contribution is 7.92. The van der Waals surface area contributed by atoms with E-state index in [1.54, 1.807) is 61.5 Å². The number of amides is 1. The van der Waals surface area contributed by atoms with Crippen LogP contribution in [0.2, 0.25) is 0 Å². The Kier molecular flexibility index (Phi) is 9.38. The third-order valence-electron chi connectivity index (χ3n) is 7.25. The van der Waals surface area contributed by atoms with E-state index < -0.39 is 33.4 Å². The zero-order chi connectivity index (χ0) is 31.5. The van der Waals surface area contributed by atoms with Crippen molar-refractivity contribution in [2.75, 3.05) is 18.5 Å². The van der Waals surface area contributed by atoms with E-state index in [0.29, 0.717) is 72.9 Å². The van der Waals surface area contributed by atoms with Gasteiger partial charge in [0.25, 0.3) is 5.91 Å². The number of hydrogen-bond donors (Lipinski definition) is 1. The molecule has 1 saturated heterocycles. The average Bonchev–Trinajstić information content (AvgIpc) is 3.83. The third-order valence-corrected chi connectivity index (χ3v) is 9.53. The first-order valence-electron chi connectivity index (χ1n) is 14.7. The molecule has 1 N–H and O–H groups in total. The van der Waals surface area contributed by atoms with Gasteiger partial charge >= 0.3 is 5.97 Å². The van der Waals surface area contributed by atoms with E-state index in [1.165, 1.54) is 6.20 Å². The van der Waals surface area contributed by atoms with Gasteiger partial charge in [-0.3, -0.25) is 4.79 Å². The van der Waals surface area contributed by atoms with Crippen molar-refractivity contribution in [3.8, 4) is 11.5 Å². The summed E-state index contributed by atoms with van der Waals surface area (Å²) in [6.07, 6.45) is 3.00. The molecule has 1 amide bonds. The van der Waals surface area contributed by atoms with Crippen molar-refractivity contribution >= 4 is 27.5 Å². The van der Waals surface area contributed by atoms with Crippen molar-refractivity contribution < 1.29 is 37.0 Å². The second-order valence-corrected chi connectivity index (χ2v) is 14.3. The molecule has 1 unspecified atom stereocenters. The maximum Gasteiger partial charge on any atom is 0.338 e. The van der Waals surface area contributed by atoms with Crippen molar-refractivity contribution in [2.24, 2.45) is 0 Å². The minimum Gasteiger partial charge on any atom is -0.456 e. The molecular weight excluding hydrogens is 584 g/mol. The molecule has 2 aliphatic rings. The smallest absolute Gasteiger partial charge is 0.338 e. The van der Waals surface area contributed by atoms with Crippen molar-refractivity contribution in [2.45, 2.75) is 81.3 Å². The lowest BCUT2D eigenvalue weighted by atomic mass is 10.1. The van der Waals surface area contributed by atoms with Gasteiger partial charge in [0.2, 0.25) is 0 Å². The molecule has 234 valence electrons. The van der Waals surface area contributed by atoms with E-state index in [0.717, 1.165) is 0 Å². The van der Waals surface area contributed by atoms with Crippen molar-refractivity contribution in [1.29, 1.82) is 0 Å². The Bertz CT molecular complexity index is 1590. The van der Waals surface area contributed by atoms with Crippen LogP contribution < -0.4 is 10.1 Å². The fraction of sp³-hybridized carbons (Fsp3) is 0.424. The zero-order valence-corrected chi connectivity index (χ0v) is 26.2. The zero-order valence-electron chi connectivity index (χ0n) is 25.4. The first-order chi connectivity index (χ1) is 20.9. The molecule has 11 heteroatoms. The van der Waals surface area contributed by atoms with E-state index in [-0.39, 0.29) is 16.2 Å². The minimum absolute atomic E-state index is 0.178. The fourth-order valence-electron chi connectivity index (χ4n) is 4.80. The number of esters is 1. The van der Waals surface area contributed by atoms with Gasteiger partial charge in [-0.05, 0) is 107 Å². The van der Waals surface area contributed by atoms with Gasteiger partial charge in [0.15, 0.2) is 15.9 Å². The summed E-state index contributed by atoms with van der Waals surface area (Å²) in [6.45, 7) is 8.35. The molecule has 2 heterocycles. The highest BCUT2D eigenvalue weighted by Crippen LogP contribution is 2.34. The average molecular weight is 623 g/mol. The number of carbonyl (C=O) groups excluding carboxylic acids is 2. The Morgan fingerprint density at radius 1 is 0.955 bits per heavy atom. The molecular formula is C33H38N2O8S. The lowest BCUT2D eigenvalue weighted by molar-refractivity contribution is -0.136. The number of ether oxygens (including phenoxy) is 4. The summed E-state index contributed by atoms with van der Waals surface area (Å²) < 4.78 is 48.4. The van der Waals surface area contributed by atoms with Gasteiger partial charge in [0.1, 0.15) is 22.9 Å². The van der Waals surface area contributed by atoms with E-state index in [1.807, 2.05) is 20.8 Å². The molecule has 1 aromatic heterocycles. The molecule has 1 saturated carbocycles. The highest BCUT2D eigenvalue weighted by atomic mass is 32.2. The quantitative estimate of drug-likeness (QED) is 0.273. The molecule has 5 rings (SSSR count). The number of sulfone groups is 1. The van der Waals surface area contributed by atoms with Gasteiger partial charge in [-0.25, -0.2) is 18.2 Å². The van der Waals surface area contributed by atoms with E-state index in [4.69, 9.17) is 18.9 Å². The number of pyridine rings is 1. The molecule has 2 fully saturated rings. The molecule has 2 aromatic carbocycles. The molecule has 1 aliphatic carbocycles. The van der Waals surface area contributed by atoms with Crippen LogP contribution >= 0.6 is 0 Å². The number of nitrogens with zero attached hydrogens (tertiary/aromatic N) is 1. The number of nitrogens with one attached hydrogen (secondary N) is 1. The Balaban J connectivity index is 1.26. The third kappa shape index (κ3) is 8.02. The molecule has 0 spiro atoms. The Labute approximate surface area is 258 Å². The summed E-state index contributed by atoms with van der Waals surface area (Å²) in [5.41, 5.74) is 1.12. The number of hydrogen-bond acceptors (Lipinski definition) is 9. The number of benzene rings is 2. The summed E-state index contributed by atoms with van der Waals surface area (Å²) in [5.74, 6) is 0.429. The van der Waals surface area contributed by atoms with Gasteiger partial charge in [0, 0.05) is 13.2 Å². The predicted molar refractivity (Wildman–Crippen MR) is 164 cm³/mol. The minimum atomic E-state index is -3.35. The van der Waals surface area contributed by atoms with Crippen molar-refractivity contribution in [3.05, 3.63) is 77.5 Å². The van der Waals surface area contributed by atoms with Crippen molar-refractivity contribution in [3.63, 3.8) is 0 Å². The molecule has 10 nitrogen and oxygen atoms in total. The second-order valence-electron chi connectivity index (χ2n) is 12.1. The van der Waals surface area contributed by atoms with Gasteiger partial charge < -0.3 is 24.3 Å². The second kappa shape index (κ2) is 13.1. The molecule has 3 aromatic rings. The number of rotatable bonds is 10. The Morgan fingerprint density at radius 3 is 2.23 bits per heavy atom. The Hall–Kier alpha value is -3.80. The van der Waals surface area contributed by atoms with Gasteiger partial charge in [-0.1, -0.05) is 12.1 Å². The molecule has 1 aliphatic heterocycles. The highest BCUT2D eigenvalue weighted by Gasteiger charge is 2.37. The van der Waals surface area contributed by atoms with Crippen LogP contribution in [0.5, 0.6) is 11.5 Å². The van der Waals surface area contributed by atoms with Crippen LogP contribution in [0.15, 0.2) is 65.7 Å². The topological polar surface area (TPSA) is 130 Å². The summed E-state index contributed by atoms with van der Waals surface area (Å²) in [4.78, 5) is 30.5. The molecule has 1 atom stereocenters. The largest absolute Gasteiger partial charge is 0.456 e. The SMILES string of the molecule is Cc1cc(Oc2ccc(NC(=O)C(OC3CCOCC3)c3ccc(S(=O)(=O)C4CC4)cc3)nc2)ccc1C(=O)OC(C)(C)C. The van der Waals surface area contributed by atoms with Gasteiger partial charge in [-0.15, -0.1) is 0 Å². The summed E-state index contributed by atoms with van der Waals surface area (Å²) in [6, 6.07) is 14.7. The molecule has 0 radical (unpaired) electrons. The first kappa shape index (κ1) is 31.6. The predicted octanol–water partition coefficient (Wildman–Crippen LogP) is 5.95. The van der Waals surface area contributed by atoms with Gasteiger partial charge in [-0.2, -0.15) is 0 Å². The van der Waals surface area contributed by atoms with Crippen LogP contribution in [-0.4, -0.2) is 55.4 Å². The van der Waals surface area contributed by atoms with Crippen LogP contribution in [-0.2, 0) is 28.8 Å². The standard InChI is InChI=1S/C33H38N2O8S/c1-21-19-24(7-13-28(21)32(37)43-33(2,3)4)41-25-8-14-29(34-20-25)35-31(36)30(42-23-15-17-40-18-16-23)22-5-9-26(10-6-22)44(38,39)27-11-12-27/h5-10,13-14,19-20,23,27,30H,11-12,15-18H2,1-4H3,(H,34,35,36). The lowest BCUT2D eigenvalue weighted by Gasteiger charge is -2.27. The number of aromatic nitrogens is 1. The van der Waals surface area contributed by atoms with Gasteiger partial charge in [0.05, 0.1) is 28.0 Å². The van der Waals surface area contributed by atoms with Crippen LogP contribution in [0.1, 0.15) is 74.0 Å². The van der Waals surface area contributed by atoms with E-state index >= 15 is 0 Å². The fourth-order valence-corrected chi connectivity index (χ4v) is 6.46. The van der Waals surface area contributed by atoms with Crippen LogP contribution in [0.25, 0.3) is 0 Å². The van der Waals surface area contributed by atoms with Crippen LogP contribution in [0, 0.1) is 6.92 Å². The monoisotopic (exact) mass is 622 g/mol. The lowest BCUT2D eigenvalue weighted by Crippen LogP contribution is -2.31. The molecule has 0 bridgehead atoms.